The van der Waals surface area contributed by atoms with E-state index in [1.54, 1.807) is 0 Å². The molecule has 2 N–H and O–H groups in total. The van der Waals surface area contributed by atoms with Crippen molar-refractivity contribution in [1.82, 2.24) is 0 Å². The molecule has 8 rings (SSSR count). The van der Waals surface area contributed by atoms with E-state index < -0.39 is 0 Å². The number of benzene rings is 2. The van der Waals surface area contributed by atoms with Gasteiger partial charge in [0.1, 0.15) is 12.6 Å². The summed E-state index contributed by atoms with van der Waals surface area (Å²) < 4.78 is 0.769. The third kappa shape index (κ3) is 1.88. The lowest BCUT2D eigenvalue weighted by molar-refractivity contribution is -1.05. The van der Waals surface area contributed by atoms with Crippen molar-refractivity contribution in [3.63, 3.8) is 0 Å². The van der Waals surface area contributed by atoms with E-state index in [1.165, 1.54) is 16.8 Å². The highest BCUT2D eigenvalue weighted by Crippen LogP contribution is 2.71. The summed E-state index contributed by atoms with van der Waals surface area (Å²) in [6, 6.07) is 20.5. The van der Waals surface area contributed by atoms with Crippen LogP contribution in [0.25, 0.3) is 0 Å². The molecule has 4 nitrogen and oxygen atoms in total. The lowest BCUT2D eigenvalue weighted by Gasteiger charge is -2.68. The van der Waals surface area contributed by atoms with Crippen LogP contribution >= 0.6 is 0 Å². The second-order valence-corrected chi connectivity index (χ2v) is 11.0. The normalized spacial score (nSPS) is 48.2. The molecule has 4 heteroatoms. The van der Waals surface area contributed by atoms with Crippen molar-refractivity contribution in [1.29, 1.82) is 0 Å². The number of hydrogen-bond donors (Lipinski definition) is 2. The fourth-order valence-electron chi connectivity index (χ4n) is 9.60. The molecule has 4 saturated heterocycles. The molecule has 6 aliphatic rings. The first-order chi connectivity index (χ1) is 15.1. The van der Waals surface area contributed by atoms with Gasteiger partial charge >= 0.3 is 0 Å². The Bertz CT molecular complexity index is 1040. The predicted octanol–water partition coefficient (Wildman–Crippen LogP) is 3.27. The highest BCUT2D eigenvalue weighted by atomic mass is 16.3. The summed E-state index contributed by atoms with van der Waals surface area (Å²) in [5.41, 5.74) is 3.78. The molecular formula is C27H33N2O2+. The Kier molecular flexibility index (Phi) is 3.56. The fraction of sp³-hybridized carbons (Fsp3) is 0.556. The van der Waals surface area contributed by atoms with Gasteiger partial charge in [0.15, 0.2) is 6.23 Å². The number of para-hydroxylation sites is 1. The highest BCUT2D eigenvalue weighted by molar-refractivity contribution is 5.66. The smallest absolute Gasteiger partial charge is 0.194 e. The zero-order valence-corrected chi connectivity index (χ0v) is 18.4. The summed E-state index contributed by atoms with van der Waals surface area (Å²) in [5, 5.41) is 24.1. The van der Waals surface area contributed by atoms with Crippen LogP contribution in [-0.4, -0.2) is 52.2 Å². The van der Waals surface area contributed by atoms with Gasteiger partial charge in [0.05, 0.1) is 23.6 Å². The number of aliphatic hydroxyl groups excluding tert-OH is 2. The Morgan fingerprint density at radius 3 is 2.55 bits per heavy atom. The van der Waals surface area contributed by atoms with E-state index in [2.05, 4.69) is 73.5 Å². The van der Waals surface area contributed by atoms with Gasteiger partial charge < -0.3 is 15.1 Å². The number of hydrogen-bond acceptors (Lipinski definition) is 3. The number of nitrogens with zero attached hydrogens (tertiary/aromatic N) is 2. The summed E-state index contributed by atoms with van der Waals surface area (Å²) in [6.45, 7) is 3.11. The Morgan fingerprint density at radius 2 is 1.77 bits per heavy atom. The molecule has 5 aliphatic heterocycles. The molecule has 162 valence electrons. The van der Waals surface area contributed by atoms with Crippen LogP contribution in [0.3, 0.4) is 0 Å². The summed E-state index contributed by atoms with van der Waals surface area (Å²) in [6.07, 6.45) is 2.47. The van der Waals surface area contributed by atoms with Crippen molar-refractivity contribution >= 4 is 5.69 Å². The third-order valence-electron chi connectivity index (χ3n) is 10.4. The number of likely N-dealkylation sites (N-methyl/N-ethyl adjacent to an activating group) is 1. The van der Waals surface area contributed by atoms with E-state index in [9.17, 15) is 10.2 Å². The minimum absolute atomic E-state index is 0.180. The Morgan fingerprint density at radius 1 is 1.03 bits per heavy atom. The fourth-order valence-corrected chi connectivity index (χ4v) is 9.60. The van der Waals surface area contributed by atoms with Gasteiger partial charge in [0.25, 0.3) is 0 Å². The number of rotatable bonds is 3. The van der Waals surface area contributed by atoms with Gasteiger partial charge in [-0.1, -0.05) is 55.5 Å². The molecule has 5 bridgehead atoms. The van der Waals surface area contributed by atoms with E-state index in [0.717, 1.165) is 30.3 Å². The number of quaternary nitrogens is 1. The molecule has 5 unspecified atom stereocenters. The zero-order chi connectivity index (χ0) is 21.1. The van der Waals surface area contributed by atoms with Gasteiger partial charge in [-0.15, -0.1) is 0 Å². The SMILES string of the molecule is CC[C@H]1[C@@H]2CC3[C@@H]4N(C)c5ccccc5C45C[C@@H](C2C5O)[N+]3(Cc2ccccc2)[C@@H]1O. The van der Waals surface area contributed by atoms with Crippen LogP contribution in [0.5, 0.6) is 0 Å². The molecule has 10 atom stereocenters. The van der Waals surface area contributed by atoms with Gasteiger partial charge in [-0.25, -0.2) is 0 Å². The first-order valence-electron chi connectivity index (χ1n) is 12.1. The van der Waals surface area contributed by atoms with Crippen LogP contribution in [0, 0.1) is 17.8 Å². The standard InChI is InChI=1S/C27H33N2O2/c1-3-17-18-13-21-24-27(19-11-7-8-12-20(19)28(24)2)14-22(23(18)25(27)30)29(21,26(17)31)15-16-9-5-4-6-10-16/h4-12,17-18,21-26,30-31H,3,13-15H2,1-2H3/q+1/t17-,18-,21?,22-,23?,24-,25?,26+,27?,29?/m0/s1. The first kappa shape index (κ1) is 18.7. The minimum atomic E-state index is -0.337. The predicted molar refractivity (Wildman–Crippen MR) is 120 cm³/mol. The molecule has 1 aliphatic carbocycles. The van der Waals surface area contributed by atoms with Crippen molar-refractivity contribution in [2.75, 3.05) is 11.9 Å². The maximum atomic E-state index is 12.1. The summed E-state index contributed by atoms with van der Waals surface area (Å²) >= 11 is 0. The van der Waals surface area contributed by atoms with E-state index in [1.807, 2.05) is 0 Å². The average Bonchev–Trinajstić information content (AvgIpc) is 3.18. The van der Waals surface area contributed by atoms with Crippen LogP contribution in [0.15, 0.2) is 54.6 Å². The van der Waals surface area contributed by atoms with Crippen molar-refractivity contribution in [2.24, 2.45) is 17.8 Å². The van der Waals surface area contributed by atoms with Crippen molar-refractivity contribution in [2.45, 2.75) is 68.6 Å². The Hall–Kier alpha value is -1.88. The lowest BCUT2D eigenvalue weighted by Crippen LogP contribution is -2.82. The highest BCUT2D eigenvalue weighted by Gasteiger charge is 2.82. The maximum Gasteiger partial charge on any atom is 0.194 e. The number of piperidine rings is 4. The molecule has 0 radical (unpaired) electrons. The van der Waals surface area contributed by atoms with Crippen molar-refractivity contribution in [3.05, 3.63) is 65.7 Å². The topological polar surface area (TPSA) is 43.7 Å². The molecule has 0 aromatic heterocycles. The third-order valence-corrected chi connectivity index (χ3v) is 10.4. The largest absolute Gasteiger partial charge is 0.392 e. The number of anilines is 1. The Labute approximate surface area is 184 Å². The average molecular weight is 418 g/mol. The van der Waals surface area contributed by atoms with Crippen LogP contribution in [-0.2, 0) is 12.0 Å². The van der Waals surface area contributed by atoms with Crippen LogP contribution in [0.4, 0.5) is 5.69 Å². The molecule has 0 amide bonds. The molecule has 5 heterocycles. The summed E-state index contributed by atoms with van der Waals surface area (Å²) in [4.78, 5) is 2.47. The second kappa shape index (κ2) is 5.92. The van der Waals surface area contributed by atoms with E-state index in [4.69, 9.17) is 0 Å². The molecule has 31 heavy (non-hydrogen) atoms. The van der Waals surface area contributed by atoms with Crippen molar-refractivity contribution < 1.29 is 14.7 Å². The maximum absolute atomic E-state index is 12.1. The van der Waals surface area contributed by atoms with E-state index >= 15 is 0 Å². The quantitative estimate of drug-likeness (QED) is 0.754. The number of fused-ring (bicyclic) bond motifs is 2. The summed E-state index contributed by atoms with van der Waals surface area (Å²) in [7, 11) is 2.23. The van der Waals surface area contributed by atoms with E-state index in [-0.39, 0.29) is 35.6 Å². The lowest BCUT2D eigenvalue weighted by atomic mass is 9.60. The monoisotopic (exact) mass is 417 g/mol. The molecule has 5 fully saturated rings. The second-order valence-electron chi connectivity index (χ2n) is 11.0. The number of aliphatic hydroxyl groups is 2. The molecule has 1 saturated carbocycles. The van der Waals surface area contributed by atoms with Gasteiger partial charge in [-0.2, -0.15) is 0 Å². The van der Waals surface area contributed by atoms with Crippen LogP contribution in [0.1, 0.15) is 37.3 Å². The zero-order valence-electron chi connectivity index (χ0n) is 18.4. The van der Waals surface area contributed by atoms with Crippen molar-refractivity contribution in [3.8, 4) is 0 Å². The Balaban J connectivity index is 1.47. The molecule has 1 spiro atoms. The van der Waals surface area contributed by atoms with Crippen LogP contribution < -0.4 is 4.90 Å². The molecular weight excluding hydrogens is 384 g/mol. The molecule has 2 aromatic rings. The minimum Gasteiger partial charge on any atom is -0.392 e. The van der Waals surface area contributed by atoms with Gasteiger partial charge in [0.2, 0.25) is 0 Å². The molecule has 2 aromatic carbocycles. The van der Waals surface area contributed by atoms with Crippen LogP contribution in [0.2, 0.25) is 0 Å². The van der Waals surface area contributed by atoms with Gasteiger partial charge in [-0.3, -0.25) is 4.48 Å². The van der Waals surface area contributed by atoms with E-state index in [0.29, 0.717) is 18.0 Å². The first-order valence-corrected chi connectivity index (χ1v) is 12.1. The van der Waals surface area contributed by atoms with Gasteiger partial charge in [0, 0.05) is 43.0 Å². The van der Waals surface area contributed by atoms with Gasteiger partial charge in [-0.05, 0) is 24.0 Å². The summed E-state index contributed by atoms with van der Waals surface area (Å²) in [5.74, 6) is 1.01.